The Labute approximate surface area is 135 Å². The van der Waals surface area contributed by atoms with Crippen LogP contribution in [0.4, 0.5) is 5.69 Å². The van der Waals surface area contributed by atoms with Crippen LogP contribution in [0.15, 0.2) is 35.9 Å². The molecule has 1 aromatic heterocycles. The van der Waals surface area contributed by atoms with Crippen LogP contribution in [0.5, 0.6) is 0 Å². The highest BCUT2D eigenvalue weighted by molar-refractivity contribution is 6.01. The summed E-state index contributed by atoms with van der Waals surface area (Å²) in [5, 5.41) is 10.2. The van der Waals surface area contributed by atoms with E-state index in [2.05, 4.69) is 4.98 Å². The molecule has 1 aromatic carbocycles. The summed E-state index contributed by atoms with van der Waals surface area (Å²) in [5.74, 6) is -0.614. The highest BCUT2D eigenvalue weighted by Crippen LogP contribution is 2.23. The summed E-state index contributed by atoms with van der Waals surface area (Å²) in [6, 6.07) is 11.6. The Bertz CT molecular complexity index is 817. The number of hydrogen-bond donors (Lipinski definition) is 0. The number of allylic oxidation sites excluding steroid dienone is 1. The molecule has 0 saturated heterocycles. The van der Waals surface area contributed by atoms with E-state index in [4.69, 9.17) is 4.74 Å². The summed E-state index contributed by atoms with van der Waals surface area (Å²) in [4.78, 5) is 18.4. The van der Waals surface area contributed by atoms with Crippen molar-refractivity contribution in [3.63, 3.8) is 0 Å². The Kier molecular flexibility index (Phi) is 4.97. The quantitative estimate of drug-likeness (QED) is 0.493. The fourth-order valence-electron chi connectivity index (χ4n) is 2.21. The molecule has 1 heterocycles. The minimum absolute atomic E-state index is 0.0105. The number of fused-ring (bicyclic) bond motifs is 1. The second-order valence-electron chi connectivity index (χ2n) is 5.30. The molecule has 23 heavy (non-hydrogen) atoms. The van der Waals surface area contributed by atoms with E-state index in [0.29, 0.717) is 11.3 Å². The van der Waals surface area contributed by atoms with Gasteiger partial charge in [0.05, 0.1) is 17.8 Å². The average molecular weight is 309 g/mol. The monoisotopic (exact) mass is 309 g/mol. The van der Waals surface area contributed by atoms with Gasteiger partial charge in [-0.15, -0.1) is 0 Å². The van der Waals surface area contributed by atoms with Gasteiger partial charge in [-0.2, -0.15) is 5.26 Å². The standard InChI is InChI=1S/C18H19N3O2/c1-5-23-18(22)15(11-19)12(2)16-8-6-13-10-14(21(3)4)7-9-17(13)20-16/h6-10H,5H2,1-4H3. The number of rotatable bonds is 4. The number of benzene rings is 1. The molecule has 0 unspecified atom stereocenters. The van der Waals surface area contributed by atoms with E-state index in [1.54, 1.807) is 13.8 Å². The van der Waals surface area contributed by atoms with Crippen molar-refractivity contribution in [1.82, 2.24) is 4.98 Å². The first-order valence-electron chi connectivity index (χ1n) is 7.34. The van der Waals surface area contributed by atoms with Crippen LogP contribution in [0.3, 0.4) is 0 Å². The lowest BCUT2D eigenvalue weighted by molar-refractivity contribution is -0.137. The Morgan fingerprint density at radius 2 is 2.04 bits per heavy atom. The molecule has 0 fully saturated rings. The number of nitriles is 1. The van der Waals surface area contributed by atoms with Crippen LogP contribution in [-0.4, -0.2) is 31.7 Å². The van der Waals surface area contributed by atoms with Gasteiger partial charge in [0.15, 0.2) is 0 Å². The number of carbonyl (C=O) groups excluding carboxylic acids is 1. The number of ether oxygens (including phenoxy) is 1. The van der Waals surface area contributed by atoms with Gasteiger partial charge in [-0.25, -0.2) is 9.78 Å². The number of carbonyl (C=O) groups is 1. The predicted octanol–water partition coefficient (Wildman–Crippen LogP) is 3.16. The zero-order valence-corrected chi connectivity index (χ0v) is 13.8. The number of hydrogen-bond acceptors (Lipinski definition) is 5. The van der Waals surface area contributed by atoms with Gasteiger partial charge in [0.2, 0.25) is 0 Å². The summed E-state index contributed by atoms with van der Waals surface area (Å²) in [7, 11) is 3.96. The zero-order valence-electron chi connectivity index (χ0n) is 13.8. The normalized spacial score (nSPS) is 11.6. The summed E-state index contributed by atoms with van der Waals surface area (Å²) in [6.45, 7) is 3.65. The molecule has 0 spiro atoms. The average Bonchev–Trinajstić information content (AvgIpc) is 2.54. The van der Waals surface area contributed by atoms with Crippen LogP contribution >= 0.6 is 0 Å². The van der Waals surface area contributed by atoms with Gasteiger partial charge in [-0.05, 0) is 43.7 Å². The van der Waals surface area contributed by atoms with E-state index in [-0.39, 0.29) is 12.2 Å². The van der Waals surface area contributed by atoms with Gasteiger partial charge < -0.3 is 9.64 Å². The third kappa shape index (κ3) is 3.49. The van der Waals surface area contributed by atoms with Gasteiger partial charge >= 0.3 is 5.97 Å². The third-order valence-corrected chi connectivity index (χ3v) is 3.54. The van der Waals surface area contributed by atoms with Crippen molar-refractivity contribution in [3.05, 3.63) is 41.6 Å². The lowest BCUT2D eigenvalue weighted by Crippen LogP contribution is -2.09. The van der Waals surface area contributed by atoms with Crippen molar-refractivity contribution in [1.29, 1.82) is 5.26 Å². The van der Waals surface area contributed by atoms with Gasteiger partial charge in [-0.3, -0.25) is 0 Å². The van der Waals surface area contributed by atoms with Crippen LogP contribution in [0, 0.1) is 11.3 Å². The summed E-state index contributed by atoms with van der Waals surface area (Å²) in [5.41, 5.74) is 3.00. The number of pyridine rings is 1. The van der Waals surface area contributed by atoms with E-state index in [9.17, 15) is 10.1 Å². The molecule has 118 valence electrons. The summed E-state index contributed by atoms with van der Waals surface area (Å²) in [6.07, 6.45) is 0. The van der Waals surface area contributed by atoms with E-state index in [1.807, 2.05) is 55.4 Å². The first-order chi connectivity index (χ1) is 11.0. The largest absolute Gasteiger partial charge is 0.462 e. The molecule has 2 aromatic rings. The molecule has 5 heteroatoms. The van der Waals surface area contributed by atoms with Crippen molar-refractivity contribution in [2.45, 2.75) is 13.8 Å². The number of nitrogens with zero attached hydrogens (tertiary/aromatic N) is 3. The molecule has 2 rings (SSSR count). The zero-order chi connectivity index (χ0) is 17.0. The highest BCUT2D eigenvalue weighted by Gasteiger charge is 2.16. The summed E-state index contributed by atoms with van der Waals surface area (Å²) >= 11 is 0. The van der Waals surface area contributed by atoms with E-state index >= 15 is 0 Å². The van der Waals surface area contributed by atoms with Crippen LogP contribution in [0.25, 0.3) is 16.5 Å². The molecule has 0 atom stereocenters. The van der Waals surface area contributed by atoms with Crippen LogP contribution in [0.2, 0.25) is 0 Å². The number of esters is 1. The maximum Gasteiger partial charge on any atom is 0.349 e. The van der Waals surface area contributed by atoms with Crippen LogP contribution in [0.1, 0.15) is 19.5 Å². The first-order valence-corrected chi connectivity index (χ1v) is 7.34. The molecule has 0 aliphatic heterocycles. The minimum atomic E-state index is -0.614. The summed E-state index contributed by atoms with van der Waals surface area (Å²) < 4.78 is 4.91. The number of aromatic nitrogens is 1. The molecular formula is C18H19N3O2. The highest BCUT2D eigenvalue weighted by atomic mass is 16.5. The minimum Gasteiger partial charge on any atom is -0.462 e. The Hall–Kier alpha value is -2.87. The van der Waals surface area contributed by atoms with Gasteiger partial charge in [0, 0.05) is 25.2 Å². The SMILES string of the molecule is CCOC(=O)C(C#N)=C(C)c1ccc2cc(N(C)C)ccc2n1. The molecule has 0 N–H and O–H groups in total. The lowest BCUT2D eigenvalue weighted by Gasteiger charge is -2.13. The molecular weight excluding hydrogens is 290 g/mol. The molecule has 0 aliphatic carbocycles. The molecule has 0 saturated carbocycles. The van der Waals surface area contributed by atoms with Crippen molar-refractivity contribution >= 4 is 28.1 Å². The smallest absolute Gasteiger partial charge is 0.349 e. The van der Waals surface area contributed by atoms with E-state index in [0.717, 1.165) is 16.6 Å². The van der Waals surface area contributed by atoms with Crippen LogP contribution < -0.4 is 4.90 Å². The van der Waals surface area contributed by atoms with E-state index in [1.165, 1.54) is 0 Å². The van der Waals surface area contributed by atoms with Crippen molar-refractivity contribution < 1.29 is 9.53 Å². The number of anilines is 1. The van der Waals surface area contributed by atoms with Crippen molar-refractivity contribution in [3.8, 4) is 6.07 Å². The Balaban J connectivity index is 2.49. The second-order valence-corrected chi connectivity index (χ2v) is 5.30. The van der Waals surface area contributed by atoms with Crippen molar-refractivity contribution in [2.75, 3.05) is 25.6 Å². The van der Waals surface area contributed by atoms with Crippen molar-refractivity contribution in [2.24, 2.45) is 0 Å². The van der Waals surface area contributed by atoms with Gasteiger partial charge in [0.1, 0.15) is 11.6 Å². The molecule has 0 bridgehead atoms. The first kappa shape index (κ1) is 16.5. The fraction of sp³-hybridized carbons (Fsp3) is 0.278. The molecule has 0 aliphatic rings. The molecule has 0 amide bonds. The van der Waals surface area contributed by atoms with E-state index < -0.39 is 5.97 Å². The third-order valence-electron chi connectivity index (χ3n) is 3.54. The maximum atomic E-state index is 11.8. The Morgan fingerprint density at radius 3 is 2.65 bits per heavy atom. The molecule has 0 radical (unpaired) electrons. The Morgan fingerprint density at radius 1 is 1.30 bits per heavy atom. The molecule has 5 nitrogen and oxygen atoms in total. The predicted molar refractivity (Wildman–Crippen MR) is 90.9 cm³/mol. The van der Waals surface area contributed by atoms with Crippen LogP contribution in [-0.2, 0) is 9.53 Å². The van der Waals surface area contributed by atoms with Gasteiger partial charge in [0.25, 0.3) is 0 Å². The lowest BCUT2D eigenvalue weighted by atomic mass is 10.1. The maximum absolute atomic E-state index is 11.8. The topological polar surface area (TPSA) is 66.2 Å². The fourth-order valence-corrected chi connectivity index (χ4v) is 2.21. The van der Waals surface area contributed by atoms with Gasteiger partial charge in [-0.1, -0.05) is 6.07 Å². The second kappa shape index (κ2) is 6.93.